The first kappa shape index (κ1) is 17.5. The highest BCUT2D eigenvalue weighted by atomic mass is 35.5. The first-order valence-electron chi connectivity index (χ1n) is 2.22. The van der Waals surface area contributed by atoms with Crippen molar-refractivity contribution in [1.29, 1.82) is 0 Å². The number of quaternary nitrogens is 1. The van der Waals surface area contributed by atoms with Crippen LogP contribution in [0.2, 0.25) is 0 Å². The van der Waals surface area contributed by atoms with Crippen LogP contribution in [0.5, 0.6) is 0 Å². The van der Waals surface area contributed by atoms with Crippen LogP contribution >= 0.6 is 20.4 Å². The molecule has 0 amide bonds. The quantitative estimate of drug-likeness (QED) is 0.161. The highest BCUT2D eigenvalue weighted by Gasteiger charge is 1.85. The van der Waals surface area contributed by atoms with E-state index in [1.165, 1.54) is 0 Å². The molecule has 0 saturated heterocycles. The summed E-state index contributed by atoms with van der Waals surface area (Å²) in [6.45, 7) is 0. The van der Waals surface area contributed by atoms with E-state index >= 15 is 0 Å². The topological polar surface area (TPSA) is 129 Å². The van der Waals surface area contributed by atoms with Crippen LogP contribution < -0.4 is 11.3 Å². The van der Waals surface area contributed by atoms with Crippen LogP contribution in [0.4, 0.5) is 0 Å². The summed E-state index contributed by atoms with van der Waals surface area (Å²) < 4.78 is 3.41. The Balaban J connectivity index is -0.000000107. The molecule has 6 nitrogen and oxygen atoms in total. The molecule has 0 aromatic heterocycles. The molecule has 0 aliphatic rings. The lowest BCUT2D eigenvalue weighted by atomic mass is 10.8. The van der Waals surface area contributed by atoms with E-state index in [9.17, 15) is 5.11 Å². The molecular weight excluding hydrogens is 196 g/mol. The summed E-state index contributed by atoms with van der Waals surface area (Å²) in [6, 6.07) is 0. The molecular formula is C3H13ClNO5P. The Morgan fingerprint density at radius 3 is 1.91 bits per heavy atom. The molecule has 0 radical (unpaired) electrons. The standard InChI is InChI=1S/C2H5ClO2.CH4O3P.H3N/c3-1-2(4)5;2-1-5-4-3;/h2,4-5H,1H2;3,5H,1H2;1H3/q;-1;/p+1. The Labute approximate surface area is 71.1 Å². The van der Waals surface area contributed by atoms with Crippen molar-refractivity contribution < 1.29 is 25.3 Å². The summed E-state index contributed by atoms with van der Waals surface area (Å²) in [5.74, 6) is -0.111. The summed E-state index contributed by atoms with van der Waals surface area (Å²) in [5, 5.41) is 32.2. The Morgan fingerprint density at radius 1 is 1.55 bits per heavy atom. The van der Waals surface area contributed by atoms with Crippen LogP contribution in [0.3, 0.4) is 0 Å². The molecule has 0 fully saturated rings. The first-order chi connectivity index (χ1) is 4.68. The maximum atomic E-state index is 9.26. The van der Waals surface area contributed by atoms with Gasteiger partial charge in [0.25, 0.3) is 0 Å². The second-order valence-electron chi connectivity index (χ2n) is 1.01. The second-order valence-corrected chi connectivity index (χ2v) is 2.08. The Morgan fingerprint density at radius 2 is 1.91 bits per heavy atom. The molecule has 0 heterocycles. The van der Waals surface area contributed by atoms with Gasteiger partial charge in [0.05, 0.1) is 5.88 Å². The average molecular weight is 210 g/mol. The van der Waals surface area contributed by atoms with Gasteiger partial charge in [-0.3, -0.25) is 0 Å². The number of alkyl halides is 1. The van der Waals surface area contributed by atoms with Gasteiger partial charge in [-0.25, -0.2) is 9.93 Å². The lowest BCUT2D eigenvalue weighted by Gasteiger charge is -1.94. The summed E-state index contributed by atoms with van der Waals surface area (Å²) in [5.41, 5.74) is 0. The van der Waals surface area contributed by atoms with Crippen LogP contribution in [-0.2, 0) is 4.67 Å². The Hall–Kier alpha value is 0.480. The Bertz CT molecular complexity index is 57.0. The van der Waals surface area contributed by atoms with Gasteiger partial charge in [-0.15, -0.1) is 11.6 Å². The molecule has 72 valence electrons. The monoisotopic (exact) mass is 209 g/mol. The summed E-state index contributed by atoms with van der Waals surface area (Å²) in [4.78, 5) is 0. The average Bonchev–Trinajstić information content (AvgIpc) is 1.91. The van der Waals surface area contributed by atoms with Gasteiger partial charge >= 0.3 is 0 Å². The largest absolute Gasteiger partial charge is 0.850 e. The van der Waals surface area contributed by atoms with E-state index in [4.69, 9.17) is 27.1 Å². The van der Waals surface area contributed by atoms with Crippen molar-refractivity contribution in [1.82, 2.24) is 6.15 Å². The van der Waals surface area contributed by atoms with Crippen LogP contribution in [0, 0.1) is 0 Å². The SMILES string of the molecule is OC(O)CCl.[NH4+].[O-]CPOO. The van der Waals surface area contributed by atoms with Gasteiger partial charge in [0.15, 0.2) is 6.29 Å². The highest BCUT2D eigenvalue weighted by Crippen LogP contribution is 2.00. The van der Waals surface area contributed by atoms with Crippen molar-refractivity contribution in [2.45, 2.75) is 6.29 Å². The minimum absolute atomic E-state index is 0. The molecule has 0 spiro atoms. The first-order valence-corrected chi connectivity index (χ1v) is 3.87. The zero-order valence-corrected chi connectivity index (χ0v) is 7.78. The smallest absolute Gasteiger partial charge is 0.165 e. The van der Waals surface area contributed by atoms with Crippen LogP contribution in [0.15, 0.2) is 0 Å². The van der Waals surface area contributed by atoms with Gasteiger partial charge in [0, 0.05) is 8.81 Å². The van der Waals surface area contributed by atoms with Gasteiger partial charge in [-0.2, -0.15) is 0 Å². The third-order valence-electron chi connectivity index (χ3n) is 0.261. The lowest BCUT2D eigenvalue weighted by molar-refractivity contribution is -0.343. The number of aliphatic hydroxyl groups is 2. The number of aliphatic hydroxyl groups excluding tert-OH is 1. The third kappa shape index (κ3) is 37.5. The third-order valence-corrected chi connectivity index (χ3v) is 0.784. The minimum Gasteiger partial charge on any atom is -0.850 e. The van der Waals surface area contributed by atoms with Crippen molar-refractivity contribution in [2.24, 2.45) is 0 Å². The van der Waals surface area contributed by atoms with Crippen LogP contribution in [0.1, 0.15) is 0 Å². The fourth-order valence-corrected chi connectivity index (χ4v) is 0.0791. The van der Waals surface area contributed by atoms with Crippen molar-refractivity contribution >= 4 is 20.4 Å². The van der Waals surface area contributed by atoms with E-state index in [0.29, 0.717) is 0 Å². The molecule has 0 aromatic rings. The van der Waals surface area contributed by atoms with Gasteiger partial charge in [0.1, 0.15) is 0 Å². The van der Waals surface area contributed by atoms with Crippen molar-refractivity contribution in [3.63, 3.8) is 0 Å². The molecule has 8 heteroatoms. The molecule has 0 aromatic carbocycles. The zero-order valence-electron chi connectivity index (χ0n) is 6.03. The number of hydrogen-bond acceptors (Lipinski definition) is 5. The Kier molecular flexibility index (Phi) is 26.8. The zero-order chi connectivity index (χ0) is 8.41. The number of halogens is 1. The van der Waals surface area contributed by atoms with Gasteiger partial charge in [-0.1, -0.05) is 6.35 Å². The van der Waals surface area contributed by atoms with Gasteiger partial charge in [0.2, 0.25) is 0 Å². The number of rotatable bonds is 3. The molecule has 0 saturated carbocycles. The number of hydrogen-bond donors (Lipinski definition) is 4. The van der Waals surface area contributed by atoms with E-state index in [-0.39, 0.29) is 27.2 Å². The van der Waals surface area contributed by atoms with Gasteiger partial charge < -0.3 is 21.5 Å². The fourth-order valence-electron chi connectivity index (χ4n) is 0.0264. The maximum absolute atomic E-state index is 9.26. The predicted octanol–water partition coefficient (Wildman–Crippen LogP) is -0.701. The van der Waals surface area contributed by atoms with Crippen molar-refractivity contribution in [3.05, 3.63) is 0 Å². The maximum Gasteiger partial charge on any atom is 0.165 e. The molecule has 1 atom stereocenters. The van der Waals surface area contributed by atoms with E-state index in [0.717, 1.165) is 0 Å². The van der Waals surface area contributed by atoms with Crippen LogP contribution in [-0.4, -0.2) is 34.0 Å². The van der Waals surface area contributed by atoms with E-state index in [1.54, 1.807) is 0 Å². The second kappa shape index (κ2) is 16.8. The summed E-state index contributed by atoms with van der Waals surface area (Å²) in [7, 11) is -0.302. The van der Waals surface area contributed by atoms with Crippen molar-refractivity contribution in [3.8, 4) is 0 Å². The molecule has 11 heavy (non-hydrogen) atoms. The molecule has 0 aliphatic carbocycles. The minimum atomic E-state index is -1.35. The molecule has 1 unspecified atom stereocenters. The molecule has 0 aliphatic heterocycles. The van der Waals surface area contributed by atoms with E-state index in [2.05, 4.69) is 4.67 Å². The van der Waals surface area contributed by atoms with Crippen LogP contribution in [0.25, 0.3) is 0 Å². The highest BCUT2D eigenvalue weighted by molar-refractivity contribution is 7.31. The van der Waals surface area contributed by atoms with E-state index < -0.39 is 6.29 Å². The lowest BCUT2D eigenvalue weighted by Crippen LogP contribution is -2.03. The van der Waals surface area contributed by atoms with Gasteiger partial charge in [-0.05, 0) is 0 Å². The molecule has 0 rings (SSSR count). The molecule has 7 N–H and O–H groups in total. The normalized spacial score (nSPS) is 9.27. The summed E-state index contributed by atoms with van der Waals surface area (Å²) >= 11 is 4.84. The summed E-state index contributed by atoms with van der Waals surface area (Å²) in [6.07, 6.45) is -1.70. The predicted molar refractivity (Wildman–Crippen MR) is 41.8 cm³/mol. The molecule has 0 bridgehead atoms. The van der Waals surface area contributed by atoms with Crippen molar-refractivity contribution in [2.75, 3.05) is 12.2 Å². The fraction of sp³-hybridized carbons (Fsp3) is 1.00. The van der Waals surface area contributed by atoms with E-state index in [1.807, 2.05) is 0 Å².